The molecule has 0 atom stereocenters. The van der Waals surface area contributed by atoms with Gasteiger partial charge in [0.15, 0.2) is 0 Å². The van der Waals surface area contributed by atoms with Gasteiger partial charge in [-0.2, -0.15) is 9.98 Å². The van der Waals surface area contributed by atoms with Crippen molar-refractivity contribution in [2.24, 2.45) is 0 Å². The second-order valence-corrected chi connectivity index (χ2v) is 7.02. The zero-order chi connectivity index (χ0) is 13.4. The minimum atomic E-state index is -3.84. The van der Waals surface area contributed by atoms with Gasteiger partial charge in [0.05, 0.1) is 6.07 Å². The number of hydrogen-bond acceptors (Lipinski definition) is 4. The van der Waals surface area contributed by atoms with Crippen molar-refractivity contribution in [1.82, 2.24) is 9.71 Å². The first-order chi connectivity index (χ1) is 8.38. The molecule has 96 valence electrons. The van der Waals surface area contributed by atoms with E-state index in [1.165, 1.54) is 12.3 Å². The Labute approximate surface area is 118 Å². The molecule has 0 radical (unpaired) electrons. The van der Waals surface area contributed by atoms with Gasteiger partial charge in [0, 0.05) is 10.7 Å². The Morgan fingerprint density at radius 3 is 2.72 bits per heavy atom. The maximum atomic E-state index is 12.2. The van der Waals surface area contributed by atoms with E-state index in [9.17, 15) is 8.42 Å². The predicted octanol–water partition coefficient (Wildman–Crippen LogP) is 2.22. The Morgan fingerprint density at radius 1 is 1.56 bits per heavy atom. The molecule has 1 N–H and O–H groups in total. The highest BCUT2D eigenvalue weighted by Crippen LogP contribution is 2.33. The van der Waals surface area contributed by atoms with Gasteiger partial charge >= 0.3 is 0 Å². The van der Waals surface area contributed by atoms with Crippen LogP contribution in [-0.2, 0) is 10.0 Å². The topological polar surface area (TPSA) is 82.9 Å². The lowest BCUT2D eigenvalue weighted by atomic mass is 9.79. The molecule has 8 heteroatoms. The van der Waals surface area contributed by atoms with Crippen molar-refractivity contribution in [2.75, 3.05) is 0 Å². The number of nitriles is 1. The molecule has 1 aliphatic rings. The molecular formula is C10H9BrClN3O2S. The molecule has 1 aliphatic carbocycles. The van der Waals surface area contributed by atoms with Gasteiger partial charge in [-0.3, -0.25) is 0 Å². The van der Waals surface area contributed by atoms with Gasteiger partial charge in [-0.05, 0) is 41.3 Å². The smallest absolute Gasteiger partial charge is 0.242 e. The van der Waals surface area contributed by atoms with Gasteiger partial charge < -0.3 is 0 Å². The van der Waals surface area contributed by atoms with E-state index in [0.717, 1.165) is 6.42 Å². The van der Waals surface area contributed by atoms with E-state index in [1.807, 2.05) is 6.07 Å². The summed E-state index contributed by atoms with van der Waals surface area (Å²) in [6, 6.07) is 3.37. The zero-order valence-corrected chi connectivity index (χ0v) is 12.3. The molecule has 0 amide bonds. The zero-order valence-electron chi connectivity index (χ0n) is 9.15. The monoisotopic (exact) mass is 349 g/mol. The summed E-state index contributed by atoms with van der Waals surface area (Å²) < 4.78 is 27.2. The molecular weight excluding hydrogens is 342 g/mol. The van der Waals surface area contributed by atoms with Crippen LogP contribution in [-0.4, -0.2) is 18.9 Å². The Morgan fingerprint density at radius 2 is 2.22 bits per heavy atom. The third-order valence-corrected chi connectivity index (χ3v) is 5.21. The highest BCUT2D eigenvalue weighted by atomic mass is 79.9. The maximum Gasteiger partial charge on any atom is 0.245 e. The van der Waals surface area contributed by atoms with E-state index in [2.05, 4.69) is 25.6 Å². The number of pyridine rings is 1. The van der Waals surface area contributed by atoms with Crippen molar-refractivity contribution >= 4 is 37.6 Å². The molecule has 1 fully saturated rings. The summed E-state index contributed by atoms with van der Waals surface area (Å²) >= 11 is 8.92. The van der Waals surface area contributed by atoms with Crippen LogP contribution in [0, 0.1) is 11.3 Å². The first kappa shape index (κ1) is 13.7. The number of sulfonamides is 1. The lowest BCUT2D eigenvalue weighted by molar-refractivity contribution is 0.296. The van der Waals surface area contributed by atoms with Crippen LogP contribution in [0.2, 0.25) is 5.15 Å². The average Bonchev–Trinajstić information content (AvgIpc) is 2.27. The summed E-state index contributed by atoms with van der Waals surface area (Å²) in [5.41, 5.74) is -0.996. The third-order valence-electron chi connectivity index (χ3n) is 2.81. The molecule has 1 aromatic heterocycles. The first-order valence-corrected chi connectivity index (χ1v) is 7.80. The van der Waals surface area contributed by atoms with Crippen molar-refractivity contribution in [1.29, 1.82) is 5.26 Å². The van der Waals surface area contributed by atoms with Crippen molar-refractivity contribution in [3.05, 3.63) is 21.9 Å². The molecule has 2 rings (SSSR count). The quantitative estimate of drug-likeness (QED) is 0.847. The average molecular weight is 351 g/mol. The maximum absolute atomic E-state index is 12.2. The third kappa shape index (κ3) is 2.52. The van der Waals surface area contributed by atoms with Crippen molar-refractivity contribution < 1.29 is 8.42 Å². The summed E-state index contributed by atoms with van der Waals surface area (Å²) in [6.45, 7) is 0. The fourth-order valence-corrected chi connectivity index (χ4v) is 3.99. The summed E-state index contributed by atoms with van der Waals surface area (Å²) in [6.07, 6.45) is 3.27. The fraction of sp³-hybridized carbons (Fsp3) is 0.400. The predicted molar refractivity (Wildman–Crippen MR) is 69.5 cm³/mol. The van der Waals surface area contributed by atoms with Crippen LogP contribution >= 0.6 is 27.5 Å². The van der Waals surface area contributed by atoms with E-state index in [-0.39, 0.29) is 10.0 Å². The summed E-state index contributed by atoms with van der Waals surface area (Å²) in [7, 11) is -3.84. The molecule has 1 saturated carbocycles. The van der Waals surface area contributed by atoms with Gasteiger partial charge in [0.2, 0.25) is 10.0 Å². The molecule has 0 spiro atoms. The normalized spacial score (nSPS) is 17.8. The number of halogens is 2. The van der Waals surface area contributed by atoms with E-state index in [4.69, 9.17) is 16.9 Å². The fourth-order valence-electron chi connectivity index (χ4n) is 1.67. The van der Waals surface area contributed by atoms with Crippen LogP contribution in [0.1, 0.15) is 19.3 Å². The molecule has 0 aliphatic heterocycles. The van der Waals surface area contributed by atoms with Crippen LogP contribution in [0.3, 0.4) is 0 Å². The number of nitrogens with zero attached hydrogens (tertiary/aromatic N) is 2. The Balaban J connectivity index is 2.37. The number of aromatic nitrogens is 1. The first-order valence-electron chi connectivity index (χ1n) is 5.15. The van der Waals surface area contributed by atoms with Crippen LogP contribution in [0.15, 0.2) is 21.6 Å². The van der Waals surface area contributed by atoms with Crippen LogP contribution in [0.4, 0.5) is 0 Å². The van der Waals surface area contributed by atoms with Crippen molar-refractivity contribution in [3.63, 3.8) is 0 Å². The molecule has 5 nitrogen and oxygen atoms in total. The second kappa shape index (κ2) is 4.78. The Kier molecular flexibility index (Phi) is 3.65. The lowest BCUT2D eigenvalue weighted by Crippen LogP contribution is -2.52. The number of rotatable bonds is 3. The Hall–Kier alpha value is -0.680. The summed E-state index contributed by atoms with van der Waals surface area (Å²) in [5.74, 6) is 0. The van der Waals surface area contributed by atoms with Crippen molar-refractivity contribution in [2.45, 2.75) is 29.7 Å². The second-order valence-electron chi connectivity index (χ2n) is 4.10. The van der Waals surface area contributed by atoms with Gasteiger partial charge in [-0.25, -0.2) is 13.4 Å². The van der Waals surface area contributed by atoms with Gasteiger partial charge in [0.25, 0.3) is 0 Å². The molecule has 0 unspecified atom stereocenters. The molecule has 0 aromatic carbocycles. The van der Waals surface area contributed by atoms with Crippen LogP contribution in [0.25, 0.3) is 0 Å². The van der Waals surface area contributed by atoms with Crippen molar-refractivity contribution in [3.8, 4) is 6.07 Å². The van der Waals surface area contributed by atoms with Gasteiger partial charge in [-0.1, -0.05) is 11.6 Å². The molecule has 0 bridgehead atoms. The molecule has 0 saturated heterocycles. The standard InChI is InChI=1S/C10H9BrClN3O2S/c11-7-4-8(9(12)14-5-7)18(16,17)15-10(6-13)2-1-3-10/h4-5,15H,1-3H2. The van der Waals surface area contributed by atoms with E-state index in [0.29, 0.717) is 17.3 Å². The summed E-state index contributed by atoms with van der Waals surface area (Å²) in [5, 5.41) is 8.92. The summed E-state index contributed by atoms with van der Waals surface area (Å²) in [4.78, 5) is 3.64. The number of nitrogens with one attached hydrogen (secondary N) is 1. The van der Waals surface area contributed by atoms with Gasteiger partial charge in [-0.15, -0.1) is 0 Å². The highest BCUT2D eigenvalue weighted by Gasteiger charge is 2.41. The van der Waals surface area contributed by atoms with Gasteiger partial charge in [0.1, 0.15) is 15.6 Å². The lowest BCUT2D eigenvalue weighted by Gasteiger charge is -2.35. The highest BCUT2D eigenvalue weighted by molar-refractivity contribution is 9.10. The molecule has 1 aromatic rings. The molecule has 1 heterocycles. The Bertz CT molecular complexity index is 623. The largest absolute Gasteiger partial charge is 0.245 e. The van der Waals surface area contributed by atoms with Crippen LogP contribution in [0.5, 0.6) is 0 Å². The number of hydrogen-bond donors (Lipinski definition) is 1. The van der Waals surface area contributed by atoms with E-state index < -0.39 is 15.6 Å². The minimum Gasteiger partial charge on any atom is -0.242 e. The van der Waals surface area contributed by atoms with Crippen LogP contribution < -0.4 is 4.72 Å². The SMILES string of the molecule is N#CC1(NS(=O)(=O)c2cc(Br)cnc2Cl)CCC1. The van der Waals surface area contributed by atoms with E-state index in [1.54, 1.807) is 0 Å². The minimum absolute atomic E-state index is 0.113. The molecule has 18 heavy (non-hydrogen) atoms. The van der Waals surface area contributed by atoms with E-state index >= 15 is 0 Å².